The van der Waals surface area contributed by atoms with Crippen LogP contribution < -0.4 is 5.73 Å². The first-order chi connectivity index (χ1) is 10.3. The predicted octanol–water partition coefficient (Wildman–Crippen LogP) is 2.05. The number of rotatable bonds is 4. The normalized spacial score (nSPS) is 12.2. The largest absolute Gasteiger partial charge is 0.328 e. The summed E-state index contributed by atoms with van der Waals surface area (Å²) in [5, 5.41) is 9.05. The van der Waals surface area contributed by atoms with E-state index in [9.17, 15) is 0 Å². The molecule has 5 heteroatoms. The fourth-order valence-electron chi connectivity index (χ4n) is 2.61. The molecule has 3 rings (SSSR count). The Morgan fingerprint density at radius 1 is 1.19 bits per heavy atom. The van der Waals surface area contributed by atoms with Crippen molar-refractivity contribution in [2.75, 3.05) is 6.54 Å². The van der Waals surface area contributed by atoms with E-state index in [0.717, 1.165) is 22.4 Å². The topological polar surface area (TPSA) is 80.5 Å². The number of aromatic nitrogens is 3. The van der Waals surface area contributed by atoms with E-state index in [1.807, 2.05) is 36.4 Å². The van der Waals surface area contributed by atoms with Crippen LogP contribution in [0.15, 0.2) is 48.8 Å². The molecule has 2 N–H and O–H groups in total. The summed E-state index contributed by atoms with van der Waals surface area (Å²) in [4.78, 5) is 8.61. The van der Waals surface area contributed by atoms with Gasteiger partial charge in [-0.1, -0.05) is 12.1 Å². The maximum absolute atomic E-state index is 9.05. The molecule has 0 saturated heterocycles. The molecule has 0 aliphatic heterocycles. The van der Waals surface area contributed by atoms with Crippen molar-refractivity contribution in [3.05, 3.63) is 60.2 Å². The monoisotopic (exact) mass is 277 g/mol. The van der Waals surface area contributed by atoms with Crippen molar-refractivity contribution in [1.82, 2.24) is 14.5 Å². The Kier molecular flexibility index (Phi) is 3.63. The third-order valence-electron chi connectivity index (χ3n) is 3.53. The fourth-order valence-corrected chi connectivity index (χ4v) is 2.61. The van der Waals surface area contributed by atoms with Gasteiger partial charge in [0, 0.05) is 18.9 Å². The molecule has 0 fully saturated rings. The summed E-state index contributed by atoms with van der Waals surface area (Å²) in [6.45, 7) is 0.433. The molecule has 0 amide bonds. The first-order valence-electron chi connectivity index (χ1n) is 6.78. The van der Waals surface area contributed by atoms with E-state index >= 15 is 0 Å². The molecule has 2 heterocycles. The smallest absolute Gasteiger partial charge is 0.124 e. The van der Waals surface area contributed by atoms with Gasteiger partial charge >= 0.3 is 0 Å². The molecule has 0 spiro atoms. The molecular formula is C16H15N5. The molecule has 5 nitrogen and oxygen atoms in total. The van der Waals surface area contributed by atoms with Gasteiger partial charge in [0.1, 0.15) is 5.82 Å². The lowest BCUT2D eigenvalue weighted by Crippen LogP contribution is -2.22. The zero-order chi connectivity index (χ0) is 14.7. The standard InChI is InChI=1S/C16H15N5/c17-8-5-16-20-13-3-1-2-4-14(13)21(16)15(11-18)12-6-9-19-10-7-12/h1-4,6-7,9-10,15H,5,11,18H2. The number of imidazole rings is 1. The minimum atomic E-state index is -0.0521. The van der Waals surface area contributed by atoms with Crippen molar-refractivity contribution in [2.24, 2.45) is 5.73 Å². The minimum absolute atomic E-state index is 0.0521. The second-order valence-electron chi connectivity index (χ2n) is 4.75. The van der Waals surface area contributed by atoms with Gasteiger partial charge in [-0.3, -0.25) is 4.98 Å². The lowest BCUT2D eigenvalue weighted by molar-refractivity contribution is 0.588. The molecule has 0 bridgehead atoms. The van der Waals surface area contributed by atoms with Gasteiger partial charge in [-0.2, -0.15) is 5.26 Å². The molecule has 0 saturated carbocycles. The number of nitriles is 1. The van der Waals surface area contributed by atoms with Crippen molar-refractivity contribution in [1.29, 1.82) is 5.26 Å². The van der Waals surface area contributed by atoms with Gasteiger partial charge in [-0.25, -0.2) is 4.98 Å². The summed E-state index contributed by atoms with van der Waals surface area (Å²) < 4.78 is 2.06. The Morgan fingerprint density at radius 3 is 2.67 bits per heavy atom. The van der Waals surface area contributed by atoms with Crippen LogP contribution in [0, 0.1) is 11.3 Å². The average Bonchev–Trinajstić information content (AvgIpc) is 2.88. The van der Waals surface area contributed by atoms with Crippen molar-refractivity contribution in [3.63, 3.8) is 0 Å². The number of benzene rings is 1. The molecule has 0 radical (unpaired) electrons. The highest BCUT2D eigenvalue weighted by molar-refractivity contribution is 5.76. The van der Waals surface area contributed by atoms with E-state index in [2.05, 4.69) is 20.6 Å². The molecule has 1 atom stereocenters. The van der Waals surface area contributed by atoms with Crippen LogP contribution in [0.1, 0.15) is 17.4 Å². The first-order valence-corrected chi connectivity index (χ1v) is 6.78. The van der Waals surface area contributed by atoms with E-state index in [1.165, 1.54) is 0 Å². The number of hydrogen-bond acceptors (Lipinski definition) is 4. The number of para-hydroxylation sites is 2. The Morgan fingerprint density at radius 2 is 1.95 bits per heavy atom. The van der Waals surface area contributed by atoms with Crippen LogP contribution in [0.2, 0.25) is 0 Å². The third kappa shape index (κ3) is 2.37. The highest BCUT2D eigenvalue weighted by atomic mass is 15.1. The van der Waals surface area contributed by atoms with Crippen LogP contribution in [0.25, 0.3) is 11.0 Å². The minimum Gasteiger partial charge on any atom is -0.328 e. The van der Waals surface area contributed by atoms with Gasteiger partial charge in [0.05, 0.1) is 29.6 Å². The summed E-state index contributed by atoms with van der Waals surface area (Å²) in [5.74, 6) is 0.742. The maximum Gasteiger partial charge on any atom is 0.124 e. The predicted molar refractivity (Wildman–Crippen MR) is 80.5 cm³/mol. The maximum atomic E-state index is 9.05. The number of nitrogens with two attached hydrogens (primary N) is 1. The van der Waals surface area contributed by atoms with Crippen LogP contribution in [-0.2, 0) is 6.42 Å². The third-order valence-corrected chi connectivity index (χ3v) is 3.53. The Hall–Kier alpha value is -2.71. The SMILES string of the molecule is N#CCc1nc2ccccc2n1C(CN)c1ccncc1. The summed E-state index contributed by atoms with van der Waals surface area (Å²) in [6.07, 6.45) is 3.76. The quantitative estimate of drug-likeness (QED) is 0.791. The van der Waals surface area contributed by atoms with Crippen LogP contribution in [0.5, 0.6) is 0 Å². The molecular weight excluding hydrogens is 262 g/mol. The van der Waals surface area contributed by atoms with E-state index in [-0.39, 0.29) is 12.5 Å². The van der Waals surface area contributed by atoms with Crippen molar-refractivity contribution in [2.45, 2.75) is 12.5 Å². The Labute approximate surface area is 122 Å². The number of nitrogens with zero attached hydrogens (tertiary/aromatic N) is 4. The van der Waals surface area contributed by atoms with E-state index < -0.39 is 0 Å². The molecule has 1 unspecified atom stereocenters. The van der Waals surface area contributed by atoms with Gasteiger partial charge in [0.25, 0.3) is 0 Å². The highest BCUT2D eigenvalue weighted by Crippen LogP contribution is 2.25. The highest BCUT2D eigenvalue weighted by Gasteiger charge is 2.19. The number of hydrogen-bond donors (Lipinski definition) is 1. The van der Waals surface area contributed by atoms with Gasteiger partial charge in [-0.15, -0.1) is 0 Å². The summed E-state index contributed by atoms with van der Waals surface area (Å²) in [7, 11) is 0. The zero-order valence-electron chi connectivity index (χ0n) is 11.5. The van der Waals surface area contributed by atoms with Crippen molar-refractivity contribution < 1.29 is 0 Å². The molecule has 21 heavy (non-hydrogen) atoms. The van der Waals surface area contributed by atoms with E-state index in [0.29, 0.717) is 6.54 Å². The van der Waals surface area contributed by atoms with E-state index in [1.54, 1.807) is 12.4 Å². The van der Waals surface area contributed by atoms with Crippen LogP contribution in [-0.4, -0.2) is 21.1 Å². The fraction of sp³-hybridized carbons (Fsp3) is 0.188. The van der Waals surface area contributed by atoms with Crippen LogP contribution in [0.4, 0.5) is 0 Å². The molecule has 0 aliphatic carbocycles. The van der Waals surface area contributed by atoms with Gasteiger partial charge in [-0.05, 0) is 29.8 Å². The summed E-state index contributed by atoms with van der Waals surface area (Å²) in [5.41, 5.74) is 8.94. The van der Waals surface area contributed by atoms with Gasteiger partial charge < -0.3 is 10.3 Å². The Balaban J connectivity index is 2.21. The average molecular weight is 277 g/mol. The second kappa shape index (κ2) is 5.73. The lowest BCUT2D eigenvalue weighted by Gasteiger charge is -2.20. The molecule has 0 aliphatic rings. The zero-order valence-corrected chi connectivity index (χ0v) is 11.5. The molecule has 104 valence electrons. The van der Waals surface area contributed by atoms with E-state index in [4.69, 9.17) is 11.0 Å². The second-order valence-corrected chi connectivity index (χ2v) is 4.75. The number of pyridine rings is 1. The van der Waals surface area contributed by atoms with Crippen molar-refractivity contribution >= 4 is 11.0 Å². The van der Waals surface area contributed by atoms with Crippen LogP contribution in [0.3, 0.4) is 0 Å². The molecule has 1 aromatic carbocycles. The lowest BCUT2D eigenvalue weighted by atomic mass is 10.1. The first kappa shape index (κ1) is 13.3. The summed E-state index contributed by atoms with van der Waals surface area (Å²) in [6, 6.07) is 13.9. The molecule has 2 aromatic heterocycles. The Bertz CT molecular complexity index is 785. The molecule has 3 aromatic rings. The van der Waals surface area contributed by atoms with Crippen LogP contribution >= 0.6 is 0 Å². The van der Waals surface area contributed by atoms with Crippen molar-refractivity contribution in [3.8, 4) is 6.07 Å². The number of fused-ring (bicyclic) bond motifs is 1. The summed E-state index contributed by atoms with van der Waals surface area (Å²) >= 11 is 0. The van der Waals surface area contributed by atoms with Gasteiger partial charge in [0.2, 0.25) is 0 Å². The van der Waals surface area contributed by atoms with Gasteiger partial charge in [0.15, 0.2) is 0 Å².